The average molecular weight is 601 g/mol. The van der Waals surface area contributed by atoms with Crippen molar-refractivity contribution >= 4 is 11.6 Å². The summed E-state index contributed by atoms with van der Waals surface area (Å²) in [5.74, 6) is -0.208. The fourth-order valence-electron chi connectivity index (χ4n) is 0.552. The molecule has 30 heavy (non-hydrogen) atoms. The largest absolute Gasteiger partial charge is 5.00 e. The van der Waals surface area contributed by atoms with Gasteiger partial charge < -0.3 is 30.0 Å². The maximum atomic E-state index is 11.4. The summed E-state index contributed by atoms with van der Waals surface area (Å²) in [7, 11) is 0. The summed E-state index contributed by atoms with van der Waals surface area (Å²) in [6.45, 7) is 23.7. The van der Waals surface area contributed by atoms with Gasteiger partial charge in [0.2, 0.25) is 0 Å². The van der Waals surface area contributed by atoms with Crippen molar-refractivity contribution in [3.63, 3.8) is 0 Å². The number of ketones is 2. The molecule has 0 amide bonds. The van der Waals surface area contributed by atoms with E-state index in [1.807, 2.05) is 41.5 Å². The van der Waals surface area contributed by atoms with Gasteiger partial charge in [-0.1, -0.05) is 96.9 Å². The number of hydrogen-bond donors (Lipinski definition) is 0. The first-order chi connectivity index (χ1) is 12.5. The van der Waals surface area contributed by atoms with Crippen LogP contribution in [0, 0.1) is 17.3 Å². The van der Waals surface area contributed by atoms with Crippen LogP contribution in [0.1, 0.15) is 96.9 Å². The maximum absolute atomic E-state index is 11.4. The van der Waals surface area contributed by atoms with Gasteiger partial charge in [0, 0.05) is 11.6 Å². The third-order valence-electron chi connectivity index (χ3n) is 1.74. The first-order valence-electron chi connectivity index (χ1n) is 10.0. The molecule has 0 aliphatic heterocycles. The van der Waals surface area contributed by atoms with E-state index in [9.17, 15) is 30.0 Å². The van der Waals surface area contributed by atoms with Gasteiger partial charge in [-0.3, -0.25) is 6.42 Å². The van der Waals surface area contributed by atoms with E-state index >= 15 is 0 Å². The van der Waals surface area contributed by atoms with Crippen LogP contribution < -0.4 is 20.4 Å². The Balaban J connectivity index is -0.0000000700. The SMILES string of the molecule is CC(C)(C)C(=O)[CH-]C(=O)C(C)(C)C.CC(C)[O-].CC(C)[O-].CC(C)[O-].CC(C)[O-].[Ta+5]. The molecule has 0 saturated heterocycles. The molecule has 0 heterocycles. The molecule has 0 bridgehead atoms. The number of carbonyl (C=O) groups is 2. The first kappa shape index (κ1) is 43.6. The topological polar surface area (TPSA) is 126 Å². The van der Waals surface area contributed by atoms with Crippen molar-refractivity contribution in [3.8, 4) is 0 Å². The molecule has 0 saturated carbocycles. The van der Waals surface area contributed by atoms with Gasteiger partial charge >= 0.3 is 22.4 Å². The van der Waals surface area contributed by atoms with Crippen molar-refractivity contribution in [2.75, 3.05) is 0 Å². The molecular weight excluding hydrogens is 553 g/mol. The van der Waals surface area contributed by atoms with Crippen LogP contribution in [0.15, 0.2) is 0 Å². The molecule has 0 aromatic heterocycles. The van der Waals surface area contributed by atoms with Crippen LogP contribution in [0.2, 0.25) is 0 Å². The number of rotatable bonds is 2. The zero-order valence-corrected chi connectivity index (χ0v) is 25.0. The molecule has 0 aliphatic carbocycles. The molecule has 0 aliphatic rings. The van der Waals surface area contributed by atoms with Crippen molar-refractivity contribution in [3.05, 3.63) is 6.42 Å². The minimum atomic E-state index is -0.457. The fourth-order valence-corrected chi connectivity index (χ4v) is 0.552. The molecule has 0 N–H and O–H groups in total. The molecule has 0 rings (SSSR count). The van der Waals surface area contributed by atoms with Gasteiger partial charge in [-0.25, -0.2) is 0 Å². The second-order valence-electron chi connectivity index (χ2n) is 9.57. The van der Waals surface area contributed by atoms with E-state index in [2.05, 4.69) is 0 Å². The zero-order chi connectivity index (χ0) is 25.2. The molecule has 0 spiro atoms. The molecule has 0 radical (unpaired) electrons. The Morgan fingerprint density at radius 3 is 0.700 bits per heavy atom. The summed E-state index contributed by atoms with van der Waals surface area (Å²) >= 11 is 0. The fraction of sp³-hybridized carbons (Fsp3) is 0.870. The van der Waals surface area contributed by atoms with Crippen LogP contribution in [0.3, 0.4) is 0 Å². The van der Waals surface area contributed by atoms with E-state index in [-0.39, 0.29) is 33.9 Å². The molecule has 6 nitrogen and oxygen atoms in total. The smallest absolute Gasteiger partial charge is 0.852 e. The molecule has 180 valence electrons. The number of Topliss-reactive ketones (excluding diaryl/α,β-unsaturated/α-hetero) is 2. The molecule has 0 aromatic carbocycles. The molecule has 7 heteroatoms. The van der Waals surface area contributed by atoms with Crippen LogP contribution in [0.5, 0.6) is 0 Å². The Kier molecular flexibility index (Phi) is 34.1. The van der Waals surface area contributed by atoms with Crippen LogP contribution >= 0.6 is 0 Å². The van der Waals surface area contributed by atoms with Crippen LogP contribution in [0.25, 0.3) is 0 Å². The molecule has 0 aromatic rings. The second kappa shape index (κ2) is 23.5. The predicted octanol–water partition coefficient (Wildman–Crippen LogP) is 1.44. The summed E-state index contributed by atoms with van der Waals surface area (Å²) in [6.07, 6.45) is -0.444. The number of carbonyl (C=O) groups excluding carboxylic acids is 2. The minimum Gasteiger partial charge on any atom is -0.852 e. The molecule has 0 atom stereocenters. The second-order valence-corrected chi connectivity index (χ2v) is 9.57. The van der Waals surface area contributed by atoms with Crippen LogP contribution in [-0.4, -0.2) is 36.0 Å². The van der Waals surface area contributed by atoms with Crippen LogP contribution in [0.4, 0.5) is 0 Å². The third-order valence-corrected chi connectivity index (χ3v) is 1.74. The van der Waals surface area contributed by atoms with Gasteiger partial charge in [0.05, 0.1) is 0 Å². The van der Waals surface area contributed by atoms with E-state index in [1.54, 1.807) is 55.4 Å². The van der Waals surface area contributed by atoms with Crippen molar-refractivity contribution in [1.29, 1.82) is 0 Å². The Bertz CT molecular complexity index is 319. The van der Waals surface area contributed by atoms with Gasteiger partial charge in [-0.2, -0.15) is 0 Å². The Labute approximate surface area is 202 Å². The van der Waals surface area contributed by atoms with E-state index in [0.29, 0.717) is 0 Å². The zero-order valence-electron chi connectivity index (χ0n) is 21.8. The minimum absolute atomic E-state index is 0. The Morgan fingerprint density at radius 1 is 0.533 bits per heavy atom. The molecular formula is C23H47O6Ta. The van der Waals surface area contributed by atoms with Crippen molar-refractivity contribution < 1.29 is 52.4 Å². The van der Waals surface area contributed by atoms with Crippen LogP contribution in [-0.2, 0) is 32.0 Å². The van der Waals surface area contributed by atoms with E-state index in [4.69, 9.17) is 0 Å². The van der Waals surface area contributed by atoms with Gasteiger partial charge in [0.1, 0.15) is 0 Å². The van der Waals surface area contributed by atoms with E-state index in [0.717, 1.165) is 0 Å². The summed E-state index contributed by atoms with van der Waals surface area (Å²) < 4.78 is 0. The summed E-state index contributed by atoms with van der Waals surface area (Å²) in [5, 5.41) is 38.1. The quantitative estimate of drug-likeness (QED) is 0.349. The summed E-state index contributed by atoms with van der Waals surface area (Å²) in [6, 6.07) is 0. The van der Waals surface area contributed by atoms with Gasteiger partial charge in [0.25, 0.3) is 0 Å². The van der Waals surface area contributed by atoms with E-state index < -0.39 is 35.2 Å². The van der Waals surface area contributed by atoms with Gasteiger partial charge in [0.15, 0.2) is 0 Å². The van der Waals surface area contributed by atoms with Gasteiger partial charge in [-0.15, -0.1) is 24.4 Å². The van der Waals surface area contributed by atoms with Crippen molar-refractivity contribution in [1.82, 2.24) is 0 Å². The van der Waals surface area contributed by atoms with Gasteiger partial charge in [-0.05, 0) is 10.8 Å². The van der Waals surface area contributed by atoms with Crippen molar-refractivity contribution in [2.45, 2.75) is 121 Å². The number of hydrogen-bond acceptors (Lipinski definition) is 6. The average Bonchev–Trinajstić information content (AvgIpc) is 2.33. The monoisotopic (exact) mass is 600 g/mol. The Morgan fingerprint density at radius 2 is 0.633 bits per heavy atom. The molecule has 0 unspecified atom stereocenters. The third kappa shape index (κ3) is 80.0. The normalized spacial score (nSPS) is 10.2. The standard InChI is InChI=1S/C11H19O2.4C3H7O.Ta/c1-10(2,3)8(12)7-9(13)11(4,5)6;4*1-3(2)4;/h7H,1-6H3;4*3H,1-2H3;/q5*-1;+5. The predicted molar refractivity (Wildman–Crippen MR) is 114 cm³/mol. The molecule has 0 fully saturated rings. The Hall–Kier alpha value is -0.210. The summed E-state index contributed by atoms with van der Waals surface area (Å²) in [4.78, 5) is 22.9. The first-order valence-corrected chi connectivity index (χ1v) is 10.0. The maximum Gasteiger partial charge on any atom is 5.00 e. The van der Waals surface area contributed by atoms with Crippen molar-refractivity contribution in [2.24, 2.45) is 10.8 Å². The summed E-state index contributed by atoms with van der Waals surface area (Å²) in [5.41, 5.74) is -0.915. The van der Waals surface area contributed by atoms with E-state index in [1.165, 1.54) is 6.42 Å².